The van der Waals surface area contributed by atoms with Crippen molar-refractivity contribution in [1.29, 1.82) is 0 Å². The molecule has 1 nitrogen and oxygen atoms in total. The van der Waals surface area contributed by atoms with E-state index in [2.05, 4.69) is 5.32 Å². The third-order valence-corrected chi connectivity index (χ3v) is 2.94. The lowest BCUT2D eigenvalue weighted by Crippen LogP contribution is -2.27. The summed E-state index contributed by atoms with van der Waals surface area (Å²) in [6.45, 7) is 1.55. The lowest BCUT2D eigenvalue weighted by atomic mass is 10.1. The third kappa shape index (κ3) is 3.29. The highest BCUT2D eigenvalue weighted by Gasteiger charge is 2.40. The lowest BCUT2D eigenvalue weighted by molar-refractivity contribution is -0.144. The third-order valence-electron chi connectivity index (χ3n) is 2.94. The van der Waals surface area contributed by atoms with Gasteiger partial charge in [-0.15, -0.1) is 0 Å². The molecule has 20 heavy (non-hydrogen) atoms. The minimum atomic E-state index is -4.47. The molecule has 106 valence electrons. The monoisotopic (exact) mass is 283 g/mol. The van der Waals surface area contributed by atoms with Crippen LogP contribution in [0.3, 0.4) is 0 Å². The Bertz CT molecular complexity index is 578. The molecule has 1 N–H and O–H groups in total. The quantitative estimate of drug-likeness (QED) is 0.794. The number of hydrogen-bond acceptors (Lipinski definition) is 1. The fraction of sp³-hybridized carbons (Fsp3) is 0.200. The SMILES string of the molecule is Cc1ccc(NC(c2ccccc2)C(F)(F)F)cc1F. The summed E-state index contributed by atoms with van der Waals surface area (Å²) in [6, 6.07) is 9.55. The van der Waals surface area contributed by atoms with Crippen LogP contribution in [0.15, 0.2) is 48.5 Å². The molecular weight excluding hydrogens is 270 g/mol. The van der Waals surface area contributed by atoms with E-state index in [1.54, 1.807) is 13.0 Å². The zero-order valence-electron chi connectivity index (χ0n) is 10.7. The first-order valence-corrected chi connectivity index (χ1v) is 6.02. The van der Waals surface area contributed by atoms with Gasteiger partial charge < -0.3 is 5.32 Å². The van der Waals surface area contributed by atoms with Crippen LogP contribution >= 0.6 is 0 Å². The van der Waals surface area contributed by atoms with Crippen LogP contribution < -0.4 is 5.32 Å². The Hall–Kier alpha value is -2.04. The predicted molar refractivity (Wildman–Crippen MR) is 70.0 cm³/mol. The first-order valence-electron chi connectivity index (χ1n) is 6.02. The number of halogens is 4. The van der Waals surface area contributed by atoms with Crippen molar-refractivity contribution >= 4 is 5.69 Å². The maximum Gasteiger partial charge on any atom is 0.412 e. The smallest absolute Gasteiger partial charge is 0.370 e. The Balaban J connectivity index is 2.31. The molecule has 1 atom stereocenters. The van der Waals surface area contributed by atoms with Gasteiger partial charge >= 0.3 is 6.18 Å². The van der Waals surface area contributed by atoms with E-state index in [0.717, 1.165) is 6.07 Å². The van der Waals surface area contributed by atoms with Gasteiger partial charge in [-0.1, -0.05) is 36.4 Å². The fourth-order valence-corrected chi connectivity index (χ4v) is 1.85. The molecule has 0 aliphatic carbocycles. The van der Waals surface area contributed by atoms with Gasteiger partial charge in [0.25, 0.3) is 0 Å². The number of rotatable bonds is 3. The van der Waals surface area contributed by atoms with Crippen LogP contribution in [0, 0.1) is 12.7 Å². The first-order chi connectivity index (χ1) is 9.38. The van der Waals surface area contributed by atoms with E-state index < -0.39 is 18.0 Å². The van der Waals surface area contributed by atoms with Crippen LogP contribution in [-0.4, -0.2) is 6.18 Å². The molecule has 0 aliphatic heterocycles. The minimum absolute atomic E-state index is 0.0842. The average Bonchev–Trinajstić information content (AvgIpc) is 2.39. The number of hydrogen-bond donors (Lipinski definition) is 1. The molecule has 5 heteroatoms. The van der Waals surface area contributed by atoms with E-state index in [-0.39, 0.29) is 11.3 Å². The number of alkyl halides is 3. The zero-order chi connectivity index (χ0) is 14.8. The highest BCUT2D eigenvalue weighted by Crippen LogP contribution is 2.35. The van der Waals surface area contributed by atoms with Crippen molar-refractivity contribution in [2.45, 2.75) is 19.1 Å². The molecule has 0 saturated heterocycles. The molecule has 0 saturated carbocycles. The summed E-state index contributed by atoms with van der Waals surface area (Å²) in [5.41, 5.74) is 0.569. The van der Waals surface area contributed by atoms with Crippen molar-refractivity contribution < 1.29 is 17.6 Å². The van der Waals surface area contributed by atoms with Gasteiger partial charge in [0.05, 0.1) is 0 Å². The van der Waals surface area contributed by atoms with Crippen LogP contribution in [0.5, 0.6) is 0 Å². The van der Waals surface area contributed by atoms with Gasteiger partial charge in [0, 0.05) is 5.69 Å². The zero-order valence-corrected chi connectivity index (χ0v) is 10.7. The van der Waals surface area contributed by atoms with Crippen LogP contribution in [0.25, 0.3) is 0 Å². The van der Waals surface area contributed by atoms with Crippen molar-refractivity contribution in [3.8, 4) is 0 Å². The molecule has 0 bridgehead atoms. The molecule has 2 aromatic carbocycles. The van der Waals surface area contributed by atoms with E-state index in [9.17, 15) is 17.6 Å². The highest BCUT2D eigenvalue weighted by molar-refractivity contribution is 5.47. The van der Waals surface area contributed by atoms with Gasteiger partial charge in [-0.2, -0.15) is 13.2 Å². The summed E-state index contributed by atoms with van der Waals surface area (Å²) in [6.07, 6.45) is -4.47. The Kier molecular flexibility index (Phi) is 3.97. The van der Waals surface area contributed by atoms with Gasteiger partial charge in [-0.3, -0.25) is 0 Å². The predicted octanol–water partition coefficient (Wildman–Crippen LogP) is 4.85. The summed E-state index contributed by atoms with van der Waals surface area (Å²) < 4.78 is 52.8. The second-order valence-electron chi connectivity index (χ2n) is 4.49. The Morgan fingerprint density at radius 1 is 1.00 bits per heavy atom. The minimum Gasteiger partial charge on any atom is -0.370 e. The molecular formula is C15H13F4N. The van der Waals surface area contributed by atoms with Gasteiger partial charge in [-0.05, 0) is 30.2 Å². The number of nitrogens with one attached hydrogen (secondary N) is 1. The summed E-state index contributed by atoms with van der Waals surface area (Å²) in [4.78, 5) is 0. The number of aryl methyl sites for hydroxylation is 1. The van der Waals surface area contributed by atoms with E-state index in [0.29, 0.717) is 5.56 Å². The highest BCUT2D eigenvalue weighted by atomic mass is 19.4. The Morgan fingerprint density at radius 3 is 2.20 bits per heavy atom. The van der Waals surface area contributed by atoms with Crippen LogP contribution in [0.2, 0.25) is 0 Å². The van der Waals surface area contributed by atoms with Crippen LogP contribution in [-0.2, 0) is 0 Å². The second kappa shape index (κ2) is 5.53. The van der Waals surface area contributed by atoms with Crippen molar-refractivity contribution in [3.05, 3.63) is 65.5 Å². The standard InChI is InChI=1S/C15H13F4N/c1-10-7-8-12(9-13(10)16)20-14(15(17,18)19)11-5-3-2-4-6-11/h2-9,14,20H,1H3. The van der Waals surface area contributed by atoms with Gasteiger partial charge in [0.2, 0.25) is 0 Å². The van der Waals surface area contributed by atoms with Gasteiger partial charge in [-0.25, -0.2) is 4.39 Å². The van der Waals surface area contributed by atoms with Crippen molar-refractivity contribution in [2.24, 2.45) is 0 Å². The summed E-state index contributed by atoms with van der Waals surface area (Å²) in [5, 5.41) is 2.34. The van der Waals surface area contributed by atoms with Crippen molar-refractivity contribution in [2.75, 3.05) is 5.32 Å². The molecule has 1 unspecified atom stereocenters. The van der Waals surface area contributed by atoms with Gasteiger partial charge in [0.15, 0.2) is 0 Å². The molecule has 0 aromatic heterocycles. The Morgan fingerprint density at radius 2 is 1.65 bits per heavy atom. The van der Waals surface area contributed by atoms with Crippen LogP contribution in [0.1, 0.15) is 17.2 Å². The molecule has 0 aliphatic rings. The lowest BCUT2D eigenvalue weighted by Gasteiger charge is -2.23. The summed E-state index contributed by atoms with van der Waals surface area (Å²) in [5.74, 6) is -0.538. The molecule has 2 aromatic rings. The average molecular weight is 283 g/mol. The van der Waals surface area contributed by atoms with E-state index in [1.165, 1.54) is 36.4 Å². The van der Waals surface area contributed by atoms with E-state index in [4.69, 9.17) is 0 Å². The van der Waals surface area contributed by atoms with Gasteiger partial charge in [0.1, 0.15) is 11.9 Å². The second-order valence-corrected chi connectivity index (χ2v) is 4.49. The molecule has 2 rings (SSSR count). The summed E-state index contributed by atoms with van der Waals surface area (Å²) in [7, 11) is 0. The van der Waals surface area contributed by atoms with E-state index in [1.807, 2.05) is 0 Å². The van der Waals surface area contributed by atoms with Crippen LogP contribution in [0.4, 0.5) is 23.2 Å². The molecule has 0 amide bonds. The molecule has 0 heterocycles. The molecule has 0 fully saturated rings. The number of benzene rings is 2. The molecule has 0 spiro atoms. The maximum absolute atomic E-state index is 13.4. The number of anilines is 1. The largest absolute Gasteiger partial charge is 0.412 e. The van der Waals surface area contributed by atoms with Crippen molar-refractivity contribution in [3.63, 3.8) is 0 Å². The fourth-order valence-electron chi connectivity index (χ4n) is 1.85. The topological polar surface area (TPSA) is 12.0 Å². The summed E-state index contributed by atoms with van der Waals surface area (Å²) >= 11 is 0. The van der Waals surface area contributed by atoms with Crippen molar-refractivity contribution in [1.82, 2.24) is 0 Å². The first kappa shape index (κ1) is 14.4. The molecule has 0 radical (unpaired) electrons. The Labute approximate surface area is 114 Å². The van der Waals surface area contributed by atoms with E-state index >= 15 is 0 Å². The normalized spacial score (nSPS) is 13.1. The maximum atomic E-state index is 13.4.